The number of hydrogen-bond acceptors (Lipinski definition) is 4. The molecule has 0 atom stereocenters. The van der Waals surface area contributed by atoms with Crippen LogP contribution in [0.15, 0.2) is 53.6 Å². The summed E-state index contributed by atoms with van der Waals surface area (Å²) >= 11 is 12.0. The minimum absolute atomic E-state index is 0.0869. The number of rotatable bonds is 4. The summed E-state index contributed by atoms with van der Waals surface area (Å²) in [7, 11) is -2.54. The van der Waals surface area contributed by atoms with Gasteiger partial charge >= 0.3 is 0 Å². The van der Waals surface area contributed by atoms with Crippen molar-refractivity contribution in [3.63, 3.8) is 0 Å². The second kappa shape index (κ2) is 6.47. The molecule has 0 fully saturated rings. The van der Waals surface area contributed by atoms with Crippen molar-refractivity contribution in [1.82, 2.24) is 4.98 Å². The average Bonchev–Trinajstić information content (AvgIpc) is 2.57. The van der Waals surface area contributed by atoms with E-state index in [-0.39, 0.29) is 15.7 Å². The Morgan fingerprint density at radius 2 is 1.83 bits per heavy atom. The van der Waals surface area contributed by atoms with Crippen LogP contribution in [0.25, 0.3) is 10.9 Å². The molecule has 1 aromatic heterocycles. The summed E-state index contributed by atoms with van der Waals surface area (Å²) in [6.07, 6.45) is 1.55. The minimum Gasteiger partial charge on any atom is -0.493 e. The molecule has 0 saturated carbocycles. The Hall–Kier alpha value is -2.02. The molecule has 0 spiro atoms. The number of halogens is 2. The van der Waals surface area contributed by atoms with Crippen molar-refractivity contribution >= 4 is 49.8 Å². The number of aromatic nitrogens is 1. The van der Waals surface area contributed by atoms with Gasteiger partial charge in [-0.2, -0.15) is 0 Å². The lowest BCUT2D eigenvalue weighted by Gasteiger charge is -2.14. The van der Waals surface area contributed by atoms with Gasteiger partial charge in [0.05, 0.1) is 12.1 Å². The predicted octanol–water partition coefficient (Wildman–Crippen LogP) is 4.35. The maximum Gasteiger partial charge on any atom is 0.265 e. The molecule has 0 radical (unpaired) electrons. The highest BCUT2D eigenvalue weighted by atomic mass is 35.5. The number of benzene rings is 2. The van der Waals surface area contributed by atoms with Crippen LogP contribution in [0.5, 0.6) is 5.75 Å². The molecule has 1 N–H and O–H groups in total. The summed E-state index contributed by atoms with van der Waals surface area (Å²) in [5.41, 5.74) is 0.752. The van der Waals surface area contributed by atoms with Crippen LogP contribution in [0.4, 0.5) is 5.69 Å². The smallest absolute Gasteiger partial charge is 0.265 e. The zero-order valence-electron chi connectivity index (χ0n) is 12.5. The third-order valence-electron chi connectivity index (χ3n) is 3.35. The van der Waals surface area contributed by atoms with E-state index in [0.717, 1.165) is 0 Å². The van der Waals surface area contributed by atoms with Gasteiger partial charge in [0.25, 0.3) is 10.0 Å². The third-order valence-corrected chi connectivity index (χ3v) is 5.30. The highest BCUT2D eigenvalue weighted by molar-refractivity contribution is 7.92. The summed E-state index contributed by atoms with van der Waals surface area (Å²) in [6, 6.07) is 11.1. The Morgan fingerprint density at radius 3 is 2.50 bits per heavy atom. The molecule has 24 heavy (non-hydrogen) atoms. The van der Waals surface area contributed by atoms with E-state index in [4.69, 9.17) is 27.9 Å². The lowest BCUT2D eigenvalue weighted by Crippen LogP contribution is -2.14. The molecule has 0 bridgehead atoms. The zero-order valence-corrected chi connectivity index (χ0v) is 14.8. The fourth-order valence-electron chi connectivity index (χ4n) is 2.28. The fraction of sp³-hybridized carbons (Fsp3) is 0.0625. The van der Waals surface area contributed by atoms with E-state index in [1.54, 1.807) is 42.6 Å². The van der Waals surface area contributed by atoms with Gasteiger partial charge in [-0.25, -0.2) is 8.42 Å². The summed E-state index contributed by atoms with van der Waals surface area (Å²) in [5, 5.41) is 1.39. The lowest BCUT2D eigenvalue weighted by atomic mass is 10.2. The zero-order chi connectivity index (χ0) is 17.3. The Kier molecular flexibility index (Phi) is 4.54. The quantitative estimate of drug-likeness (QED) is 0.727. The molecular formula is C16H12Cl2N2O3S. The van der Waals surface area contributed by atoms with Crippen molar-refractivity contribution in [2.24, 2.45) is 0 Å². The molecule has 1 heterocycles. The van der Waals surface area contributed by atoms with E-state index in [0.29, 0.717) is 21.6 Å². The molecule has 3 rings (SSSR count). The number of fused-ring (bicyclic) bond motifs is 1. The number of pyridine rings is 1. The van der Waals surface area contributed by atoms with Crippen molar-refractivity contribution in [3.05, 3.63) is 58.7 Å². The molecule has 0 saturated heterocycles. The van der Waals surface area contributed by atoms with Crippen molar-refractivity contribution < 1.29 is 13.2 Å². The maximum absolute atomic E-state index is 12.8. The van der Waals surface area contributed by atoms with Crippen LogP contribution >= 0.6 is 23.2 Å². The first-order valence-corrected chi connectivity index (χ1v) is 9.06. The second-order valence-corrected chi connectivity index (χ2v) is 7.40. The lowest BCUT2D eigenvalue weighted by molar-refractivity contribution is 0.407. The molecule has 0 aliphatic rings. The van der Waals surface area contributed by atoms with Crippen LogP contribution in [-0.2, 0) is 10.0 Å². The van der Waals surface area contributed by atoms with Crippen molar-refractivity contribution in [1.29, 1.82) is 0 Å². The average molecular weight is 383 g/mol. The first-order chi connectivity index (χ1) is 11.4. The predicted molar refractivity (Wildman–Crippen MR) is 95.6 cm³/mol. The number of ether oxygens (including phenoxy) is 1. The summed E-state index contributed by atoms with van der Waals surface area (Å²) in [4.78, 5) is 4.10. The van der Waals surface area contributed by atoms with E-state index >= 15 is 0 Å². The normalized spacial score (nSPS) is 11.5. The van der Waals surface area contributed by atoms with Crippen LogP contribution in [0.2, 0.25) is 10.0 Å². The molecule has 5 nitrogen and oxygen atoms in total. The van der Waals surface area contributed by atoms with Crippen molar-refractivity contribution in [2.45, 2.75) is 4.90 Å². The largest absolute Gasteiger partial charge is 0.493 e. The molecular weight excluding hydrogens is 371 g/mol. The van der Waals surface area contributed by atoms with E-state index in [2.05, 4.69) is 9.71 Å². The van der Waals surface area contributed by atoms with Crippen molar-refractivity contribution in [3.8, 4) is 5.75 Å². The highest BCUT2D eigenvalue weighted by Gasteiger charge is 2.24. The van der Waals surface area contributed by atoms with E-state index < -0.39 is 10.0 Å². The van der Waals surface area contributed by atoms with E-state index in [1.807, 2.05) is 0 Å². The number of anilines is 1. The topological polar surface area (TPSA) is 68.3 Å². The number of sulfonamides is 1. The summed E-state index contributed by atoms with van der Waals surface area (Å²) in [5.74, 6) is 0.136. The van der Waals surface area contributed by atoms with Gasteiger partial charge in [0.15, 0.2) is 5.75 Å². The SMILES string of the molecule is COc1c(S(=O)(=O)Nc2ccc(Cl)cc2)cc(Cl)c2cccnc12. The molecule has 8 heteroatoms. The first-order valence-electron chi connectivity index (χ1n) is 6.82. The van der Waals surface area contributed by atoms with Crippen LogP contribution in [-0.4, -0.2) is 20.5 Å². The molecule has 2 aromatic carbocycles. The molecule has 3 aromatic rings. The van der Waals surface area contributed by atoms with Gasteiger partial charge in [0.1, 0.15) is 10.4 Å². The molecule has 124 valence electrons. The monoisotopic (exact) mass is 382 g/mol. The minimum atomic E-state index is -3.93. The van der Waals surface area contributed by atoms with E-state index in [9.17, 15) is 8.42 Å². The van der Waals surface area contributed by atoms with Gasteiger partial charge in [-0.15, -0.1) is 0 Å². The van der Waals surface area contributed by atoms with Gasteiger partial charge in [0, 0.05) is 22.3 Å². The van der Waals surface area contributed by atoms with Crippen molar-refractivity contribution in [2.75, 3.05) is 11.8 Å². The van der Waals surface area contributed by atoms with Crippen LogP contribution < -0.4 is 9.46 Å². The number of nitrogens with one attached hydrogen (secondary N) is 1. The number of nitrogens with zero attached hydrogens (tertiary/aromatic N) is 1. The molecule has 0 aliphatic heterocycles. The number of methoxy groups -OCH3 is 1. The standard InChI is InChI=1S/C16H12Cl2N2O3S/c1-23-16-14(9-13(18)12-3-2-8-19-15(12)16)24(21,22)20-11-6-4-10(17)5-7-11/h2-9,20H,1H3. The molecule has 0 unspecified atom stereocenters. The van der Waals surface area contributed by atoms with Crippen LogP contribution in [0.3, 0.4) is 0 Å². The highest BCUT2D eigenvalue weighted by Crippen LogP contribution is 2.37. The van der Waals surface area contributed by atoms with E-state index in [1.165, 1.54) is 13.2 Å². The first kappa shape index (κ1) is 16.8. The van der Waals surface area contributed by atoms with Gasteiger partial charge in [0.2, 0.25) is 0 Å². The summed E-state index contributed by atoms with van der Waals surface area (Å²) < 4.78 is 33.3. The Bertz CT molecular complexity index is 1010. The third kappa shape index (κ3) is 3.13. The maximum atomic E-state index is 12.8. The Labute approximate surface area is 149 Å². The van der Waals surface area contributed by atoms with Gasteiger partial charge in [-0.1, -0.05) is 23.2 Å². The Morgan fingerprint density at radius 1 is 1.12 bits per heavy atom. The number of hydrogen-bond donors (Lipinski definition) is 1. The van der Waals surface area contributed by atoms with Crippen LogP contribution in [0, 0.1) is 0 Å². The van der Waals surface area contributed by atoms with Gasteiger partial charge < -0.3 is 4.74 Å². The van der Waals surface area contributed by atoms with Gasteiger partial charge in [-0.05, 0) is 42.5 Å². The second-order valence-electron chi connectivity index (χ2n) is 4.90. The molecule has 0 aliphatic carbocycles. The Balaban J connectivity index is 2.15. The van der Waals surface area contributed by atoms with Crippen LogP contribution in [0.1, 0.15) is 0 Å². The molecule has 0 amide bonds. The summed E-state index contributed by atoms with van der Waals surface area (Å²) in [6.45, 7) is 0. The fourth-order valence-corrected chi connectivity index (χ4v) is 3.98. The van der Waals surface area contributed by atoms with Gasteiger partial charge in [-0.3, -0.25) is 9.71 Å².